The van der Waals surface area contributed by atoms with Gasteiger partial charge in [-0.1, -0.05) is 38.1 Å². The lowest BCUT2D eigenvalue weighted by atomic mass is 10.1. The van der Waals surface area contributed by atoms with Crippen molar-refractivity contribution in [3.63, 3.8) is 0 Å². The Morgan fingerprint density at radius 3 is 2.50 bits per heavy atom. The fourth-order valence-electron chi connectivity index (χ4n) is 3.28. The molecule has 0 saturated carbocycles. The maximum absolute atomic E-state index is 12.3. The third kappa shape index (κ3) is 4.66. The fourth-order valence-corrected chi connectivity index (χ4v) is 4.23. The molecule has 1 unspecified atom stereocenters. The van der Waals surface area contributed by atoms with E-state index < -0.39 is 10.8 Å². The molecule has 2 heterocycles. The Morgan fingerprint density at radius 2 is 1.78 bits per heavy atom. The summed E-state index contributed by atoms with van der Waals surface area (Å²) >= 11 is 0. The van der Waals surface area contributed by atoms with E-state index in [1.807, 2.05) is 76.3 Å². The molecule has 0 bridgehead atoms. The van der Waals surface area contributed by atoms with E-state index in [-0.39, 0.29) is 5.25 Å². The monoisotopic (exact) mass is 447 g/mol. The van der Waals surface area contributed by atoms with Gasteiger partial charge < -0.3 is 9.73 Å². The Morgan fingerprint density at radius 1 is 1.03 bits per heavy atom. The molecule has 0 aliphatic carbocycles. The average molecular weight is 448 g/mol. The fraction of sp³-hybridized carbons (Fsp3) is 0.250. The van der Waals surface area contributed by atoms with E-state index in [0.29, 0.717) is 28.9 Å². The normalized spacial score (nSPS) is 12.3. The largest absolute Gasteiger partial charge is 0.415 e. The number of rotatable bonds is 7. The Hall–Kier alpha value is -3.23. The van der Waals surface area contributed by atoms with Gasteiger partial charge in [-0.25, -0.2) is 4.98 Å². The van der Waals surface area contributed by atoms with Gasteiger partial charge >= 0.3 is 0 Å². The smallest absolute Gasteiger partial charge is 0.268 e. The van der Waals surface area contributed by atoms with E-state index in [4.69, 9.17) is 9.40 Å². The van der Waals surface area contributed by atoms with Crippen LogP contribution in [0.5, 0.6) is 0 Å². The summed E-state index contributed by atoms with van der Waals surface area (Å²) in [5, 5.41) is 11.6. The van der Waals surface area contributed by atoms with Gasteiger partial charge in [-0.15, -0.1) is 10.2 Å². The van der Waals surface area contributed by atoms with Gasteiger partial charge in [0.05, 0.1) is 28.4 Å². The third-order valence-corrected chi connectivity index (χ3v) is 6.54. The molecule has 0 aliphatic rings. The number of hydrogen-bond donors (Lipinski definition) is 1. The molecule has 4 rings (SSSR count). The first-order valence-corrected chi connectivity index (χ1v) is 11.6. The van der Waals surface area contributed by atoms with Crippen LogP contribution in [0.4, 0.5) is 0 Å². The lowest BCUT2D eigenvalue weighted by Gasteiger charge is -2.08. The summed E-state index contributed by atoms with van der Waals surface area (Å²) in [6.07, 6.45) is 1.71. The van der Waals surface area contributed by atoms with Crippen LogP contribution in [-0.2, 0) is 17.3 Å². The van der Waals surface area contributed by atoms with Crippen LogP contribution in [0.15, 0.2) is 64.0 Å². The maximum Gasteiger partial charge on any atom is 0.268 e. The highest BCUT2D eigenvalue weighted by atomic mass is 32.2. The predicted molar refractivity (Wildman–Crippen MR) is 125 cm³/mol. The van der Waals surface area contributed by atoms with Crippen LogP contribution >= 0.6 is 0 Å². The summed E-state index contributed by atoms with van der Waals surface area (Å²) in [5.74, 6) is 0.758. The lowest BCUT2D eigenvalue weighted by Crippen LogP contribution is -2.05. The average Bonchev–Trinajstić information content (AvgIpc) is 3.29. The number of nitrogens with zero attached hydrogens (tertiary/aromatic N) is 4. The molecular weight excluding hydrogens is 422 g/mol. The van der Waals surface area contributed by atoms with Gasteiger partial charge in [-0.05, 0) is 43.8 Å². The van der Waals surface area contributed by atoms with Crippen LogP contribution in [0.1, 0.15) is 25.1 Å². The first kappa shape index (κ1) is 22.0. The van der Waals surface area contributed by atoms with E-state index in [9.17, 15) is 4.21 Å². The van der Waals surface area contributed by atoms with Gasteiger partial charge in [0.1, 0.15) is 5.69 Å². The van der Waals surface area contributed by atoms with Gasteiger partial charge in [-0.2, -0.15) is 0 Å². The second kappa shape index (κ2) is 9.50. The number of aromatic nitrogens is 4. The van der Waals surface area contributed by atoms with Gasteiger partial charge in [0, 0.05) is 27.8 Å². The topological polar surface area (TPSA) is 93.8 Å². The summed E-state index contributed by atoms with van der Waals surface area (Å²) in [6.45, 7) is 6.50. The van der Waals surface area contributed by atoms with Crippen LogP contribution in [0, 0.1) is 6.92 Å². The number of benzene rings is 2. The summed E-state index contributed by atoms with van der Waals surface area (Å²) in [6, 6.07) is 15.5. The minimum atomic E-state index is -1.03. The molecule has 1 atom stereocenters. The van der Waals surface area contributed by atoms with Gasteiger partial charge in [0.15, 0.2) is 0 Å². The number of aryl methyl sites for hydroxylation is 1. The molecule has 0 saturated heterocycles. The molecule has 4 aromatic rings. The second-order valence-electron chi connectivity index (χ2n) is 7.70. The zero-order valence-corrected chi connectivity index (χ0v) is 19.3. The Balaban J connectivity index is 1.64. The van der Waals surface area contributed by atoms with Gasteiger partial charge in [-0.3, -0.25) is 9.19 Å². The van der Waals surface area contributed by atoms with Gasteiger partial charge in [0.2, 0.25) is 5.89 Å². The van der Waals surface area contributed by atoms with Crippen LogP contribution in [0.25, 0.3) is 34.3 Å². The first-order chi connectivity index (χ1) is 15.5. The highest BCUT2D eigenvalue weighted by molar-refractivity contribution is 7.85. The van der Waals surface area contributed by atoms with Crippen molar-refractivity contribution in [2.24, 2.45) is 0 Å². The van der Waals surface area contributed by atoms with Crippen molar-refractivity contribution in [3.8, 4) is 34.3 Å². The van der Waals surface area contributed by atoms with Crippen LogP contribution in [0.2, 0.25) is 0 Å². The molecule has 7 nitrogen and oxygen atoms in total. The maximum atomic E-state index is 12.3. The van der Waals surface area contributed by atoms with E-state index >= 15 is 0 Å². The van der Waals surface area contributed by atoms with Crippen molar-refractivity contribution in [3.05, 3.63) is 66.0 Å². The molecule has 0 radical (unpaired) electrons. The van der Waals surface area contributed by atoms with Crippen molar-refractivity contribution in [1.29, 1.82) is 0 Å². The molecule has 32 heavy (non-hydrogen) atoms. The molecule has 0 aliphatic heterocycles. The summed E-state index contributed by atoms with van der Waals surface area (Å²) in [7, 11) is 0.876. The zero-order valence-electron chi connectivity index (χ0n) is 18.5. The number of nitrogens with one attached hydrogen (secondary N) is 1. The van der Waals surface area contributed by atoms with E-state index in [2.05, 4.69) is 20.5 Å². The van der Waals surface area contributed by atoms with Crippen molar-refractivity contribution in [1.82, 2.24) is 25.5 Å². The summed E-state index contributed by atoms with van der Waals surface area (Å²) in [5.41, 5.74) is 4.79. The molecule has 0 fully saturated rings. The molecule has 164 valence electrons. The summed E-state index contributed by atoms with van der Waals surface area (Å²) < 4.78 is 18.3. The Kier molecular flexibility index (Phi) is 6.53. The Labute approximate surface area is 189 Å². The standard InChI is InChI=1S/C24H25N5O2S/c1-15(2)32(30)20-10-8-18(9-11-20)21-14-26-16(3)22(27-21)24-29-28-23(31-24)19-7-5-6-17(12-19)13-25-4/h5-12,14-15,25H,13H2,1-4H3. The molecule has 2 aromatic carbocycles. The minimum absolute atomic E-state index is 0.0669. The minimum Gasteiger partial charge on any atom is -0.415 e. The quantitative estimate of drug-likeness (QED) is 0.449. The van der Waals surface area contributed by atoms with Gasteiger partial charge in [0.25, 0.3) is 5.89 Å². The van der Waals surface area contributed by atoms with Crippen molar-refractivity contribution in [2.45, 2.75) is 37.5 Å². The van der Waals surface area contributed by atoms with Crippen molar-refractivity contribution >= 4 is 10.8 Å². The Bertz CT molecular complexity index is 1250. The highest BCUT2D eigenvalue weighted by Gasteiger charge is 2.17. The molecular formula is C24H25N5O2S. The highest BCUT2D eigenvalue weighted by Crippen LogP contribution is 2.27. The van der Waals surface area contributed by atoms with E-state index in [0.717, 1.165) is 28.1 Å². The summed E-state index contributed by atoms with van der Waals surface area (Å²) in [4.78, 5) is 10.0. The van der Waals surface area contributed by atoms with E-state index in [1.165, 1.54) is 0 Å². The zero-order chi connectivity index (χ0) is 22.7. The van der Waals surface area contributed by atoms with Crippen LogP contribution in [0.3, 0.4) is 0 Å². The third-order valence-electron chi connectivity index (χ3n) is 4.95. The predicted octanol–water partition coefficient (Wildman–Crippen LogP) is 4.40. The lowest BCUT2D eigenvalue weighted by molar-refractivity contribution is 0.581. The van der Waals surface area contributed by atoms with Crippen molar-refractivity contribution < 1.29 is 8.63 Å². The molecule has 0 spiro atoms. The molecule has 8 heteroatoms. The molecule has 2 aromatic heterocycles. The first-order valence-electron chi connectivity index (χ1n) is 10.4. The molecule has 1 N–H and O–H groups in total. The number of hydrogen-bond acceptors (Lipinski definition) is 7. The van der Waals surface area contributed by atoms with Crippen molar-refractivity contribution in [2.75, 3.05) is 7.05 Å². The SMILES string of the molecule is CNCc1cccc(-c2nnc(-c3nc(-c4ccc(S(=O)C(C)C)cc4)cnc3C)o2)c1. The molecule has 0 amide bonds. The van der Waals surface area contributed by atoms with Crippen LogP contribution < -0.4 is 5.32 Å². The second-order valence-corrected chi connectivity index (χ2v) is 9.71. The van der Waals surface area contributed by atoms with Crippen LogP contribution in [-0.4, -0.2) is 36.7 Å². The van der Waals surface area contributed by atoms with E-state index in [1.54, 1.807) is 6.20 Å².